The number of hydrogen-bond donors (Lipinski definition) is 1. The molecule has 0 bridgehead atoms. The van der Waals surface area contributed by atoms with Gasteiger partial charge in [-0.15, -0.1) is 0 Å². The average Bonchev–Trinajstić information content (AvgIpc) is 2.39. The van der Waals surface area contributed by atoms with Crippen LogP contribution in [0.5, 0.6) is 0 Å². The summed E-state index contributed by atoms with van der Waals surface area (Å²) in [7, 11) is 4.02. The molecule has 0 amide bonds. The first-order chi connectivity index (χ1) is 8.20. The van der Waals surface area contributed by atoms with E-state index in [0.29, 0.717) is 0 Å². The van der Waals surface area contributed by atoms with E-state index in [2.05, 4.69) is 72.7 Å². The van der Waals surface area contributed by atoms with E-state index in [1.165, 1.54) is 16.9 Å². The Labute approximate surface area is 103 Å². The van der Waals surface area contributed by atoms with Crippen molar-refractivity contribution in [3.63, 3.8) is 0 Å². The summed E-state index contributed by atoms with van der Waals surface area (Å²) in [4.78, 5) is 2.18. The number of hydrogen-bond acceptors (Lipinski definition) is 2. The van der Waals surface area contributed by atoms with Crippen molar-refractivity contribution in [2.75, 3.05) is 24.3 Å². The van der Waals surface area contributed by atoms with E-state index in [0.717, 1.165) is 5.69 Å². The highest BCUT2D eigenvalue weighted by molar-refractivity contribution is 5.66. The van der Waals surface area contributed by atoms with Crippen LogP contribution in [0, 0.1) is 6.92 Å². The molecule has 0 aromatic heterocycles. The molecule has 0 aliphatic rings. The fourth-order valence-corrected chi connectivity index (χ4v) is 1.79. The number of aryl methyl sites for hydroxylation is 1. The molecule has 17 heavy (non-hydrogen) atoms. The summed E-state index contributed by atoms with van der Waals surface area (Å²) in [5, 5.41) is 3.16. The fourth-order valence-electron chi connectivity index (χ4n) is 1.79. The van der Waals surface area contributed by atoms with Gasteiger partial charge in [0.2, 0.25) is 0 Å². The van der Waals surface area contributed by atoms with E-state index in [9.17, 15) is 0 Å². The number of benzene rings is 2. The van der Waals surface area contributed by atoms with E-state index in [1.807, 2.05) is 7.05 Å². The SMILES string of the molecule is CNc1cccc(N(C)c2ccc(C)cc2)c1. The van der Waals surface area contributed by atoms with Gasteiger partial charge in [-0.05, 0) is 37.3 Å². The van der Waals surface area contributed by atoms with Gasteiger partial charge in [0, 0.05) is 31.2 Å². The van der Waals surface area contributed by atoms with Gasteiger partial charge in [-0.3, -0.25) is 0 Å². The second-order valence-electron chi connectivity index (χ2n) is 4.19. The number of nitrogens with one attached hydrogen (secondary N) is 1. The predicted molar refractivity (Wildman–Crippen MR) is 75.2 cm³/mol. The van der Waals surface area contributed by atoms with E-state index >= 15 is 0 Å². The first-order valence-electron chi connectivity index (χ1n) is 5.79. The van der Waals surface area contributed by atoms with Crippen molar-refractivity contribution >= 4 is 17.1 Å². The van der Waals surface area contributed by atoms with Crippen LogP contribution in [0.2, 0.25) is 0 Å². The van der Waals surface area contributed by atoms with Crippen molar-refractivity contribution in [1.82, 2.24) is 0 Å². The summed E-state index contributed by atoms with van der Waals surface area (Å²) in [5.74, 6) is 0. The molecular formula is C15H18N2. The highest BCUT2D eigenvalue weighted by Gasteiger charge is 2.03. The van der Waals surface area contributed by atoms with Crippen molar-refractivity contribution in [3.05, 3.63) is 54.1 Å². The molecule has 2 nitrogen and oxygen atoms in total. The van der Waals surface area contributed by atoms with Crippen LogP contribution in [-0.4, -0.2) is 14.1 Å². The fraction of sp³-hybridized carbons (Fsp3) is 0.200. The standard InChI is InChI=1S/C15H18N2/c1-12-7-9-14(10-8-12)17(3)15-6-4-5-13(11-15)16-2/h4-11,16H,1-3H3. The lowest BCUT2D eigenvalue weighted by molar-refractivity contribution is 1.20. The number of rotatable bonds is 3. The molecule has 0 saturated carbocycles. The van der Waals surface area contributed by atoms with Gasteiger partial charge in [-0.2, -0.15) is 0 Å². The summed E-state index contributed by atoms with van der Waals surface area (Å²) >= 11 is 0. The first kappa shape index (κ1) is 11.5. The molecule has 0 unspecified atom stereocenters. The summed E-state index contributed by atoms with van der Waals surface area (Å²) in [6.45, 7) is 2.10. The van der Waals surface area contributed by atoms with Crippen molar-refractivity contribution < 1.29 is 0 Å². The van der Waals surface area contributed by atoms with Gasteiger partial charge in [0.15, 0.2) is 0 Å². The van der Waals surface area contributed by atoms with Gasteiger partial charge >= 0.3 is 0 Å². The maximum Gasteiger partial charge on any atom is 0.0428 e. The van der Waals surface area contributed by atoms with Gasteiger partial charge in [0.25, 0.3) is 0 Å². The minimum atomic E-state index is 1.13. The molecule has 0 fully saturated rings. The molecule has 0 atom stereocenters. The first-order valence-corrected chi connectivity index (χ1v) is 5.79. The van der Waals surface area contributed by atoms with Crippen LogP contribution >= 0.6 is 0 Å². The second-order valence-corrected chi connectivity index (χ2v) is 4.19. The van der Waals surface area contributed by atoms with Gasteiger partial charge in [-0.1, -0.05) is 23.8 Å². The molecule has 0 heterocycles. The van der Waals surface area contributed by atoms with Crippen LogP contribution in [0.1, 0.15) is 5.56 Å². The Morgan fingerprint density at radius 3 is 2.29 bits per heavy atom. The Bertz CT molecular complexity index is 489. The Hall–Kier alpha value is -1.96. The highest BCUT2D eigenvalue weighted by atomic mass is 15.1. The summed E-state index contributed by atoms with van der Waals surface area (Å²) in [6.07, 6.45) is 0. The zero-order valence-electron chi connectivity index (χ0n) is 10.6. The lowest BCUT2D eigenvalue weighted by Crippen LogP contribution is -2.09. The third-order valence-corrected chi connectivity index (χ3v) is 2.94. The number of nitrogens with zero attached hydrogens (tertiary/aromatic N) is 1. The molecule has 2 rings (SSSR count). The maximum absolute atomic E-state index is 3.16. The topological polar surface area (TPSA) is 15.3 Å². The average molecular weight is 226 g/mol. The van der Waals surface area contributed by atoms with Crippen LogP contribution in [0.15, 0.2) is 48.5 Å². The molecule has 0 aliphatic carbocycles. The van der Waals surface area contributed by atoms with Crippen LogP contribution in [0.3, 0.4) is 0 Å². The summed E-state index contributed by atoms with van der Waals surface area (Å²) in [5.41, 5.74) is 4.79. The van der Waals surface area contributed by atoms with Gasteiger partial charge in [-0.25, -0.2) is 0 Å². The molecule has 2 aromatic rings. The minimum absolute atomic E-state index is 1.13. The zero-order valence-corrected chi connectivity index (χ0v) is 10.6. The molecular weight excluding hydrogens is 208 g/mol. The van der Waals surface area contributed by atoms with Gasteiger partial charge in [0.05, 0.1) is 0 Å². The maximum atomic E-state index is 3.16. The molecule has 0 spiro atoms. The van der Waals surface area contributed by atoms with E-state index in [1.54, 1.807) is 0 Å². The van der Waals surface area contributed by atoms with Crippen LogP contribution in [0.4, 0.5) is 17.1 Å². The third-order valence-electron chi connectivity index (χ3n) is 2.94. The predicted octanol–water partition coefficient (Wildman–Crippen LogP) is 3.80. The Balaban J connectivity index is 2.29. The van der Waals surface area contributed by atoms with Crippen LogP contribution in [0.25, 0.3) is 0 Å². The van der Waals surface area contributed by atoms with Crippen molar-refractivity contribution in [1.29, 1.82) is 0 Å². The van der Waals surface area contributed by atoms with Crippen molar-refractivity contribution in [3.8, 4) is 0 Å². The van der Waals surface area contributed by atoms with E-state index < -0.39 is 0 Å². The van der Waals surface area contributed by atoms with Gasteiger partial charge in [0.1, 0.15) is 0 Å². The second kappa shape index (κ2) is 4.91. The van der Waals surface area contributed by atoms with Crippen LogP contribution in [-0.2, 0) is 0 Å². The smallest absolute Gasteiger partial charge is 0.0428 e. The van der Waals surface area contributed by atoms with Crippen molar-refractivity contribution in [2.45, 2.75) is 6.92 Å². The monoisotopic (exact) mass is 226 g/mol. The Kier molecular flexibility index (Phi) is 3.33. The Morgan fingerprint density at radius 1 is 0.941 bits per heavy atom. The Morgan fingerprint density at radius 2 is 1.65 bits per heavy atom. The molecule has 1 N–H and O–H groups in total. The molecule has 0 radical (unpaired) electrons. The third kappa shape index (κ3) is 2.59. The molecule has 0 saturated heterocycles. The molecule has 2 aromatic carbocycles. The molecule has 88 valence electrons. The largest absolute Gasteiger partial charge is 0.388 e. The van der Waals surface area contributed by atoms with E-state index in [-0.39, 0.29) is 0 Å². The zero-order chi connectivity index (χ0) is 12.3. The summed E-state index contributed by atoms with van der Waals surface area (Å²) < 4.78 is 0. The lowest BCUT2D eigenvalue weighted by atomic mass is 10.2. The van der Waals surface area contributed by atoms with Gasteiger partial charge < -0.3 is 10.2 Å². The quantitative estimate of drug-likeness (QED) is 0.856. The lowest BCUT2D eigenvalue weighted by Gasteiger charge is -2.20. The highest BCUT2D eigenvalue weighted by Crippen LogP contribution is 2.25. The minimum Gasteiger partial charge on any atom is -0.388 e. The molecule has 2 heteroatoms. The number of anilines is 3. The van der Waals surface area contributed by atoms with Crippen LogP contribution < -0.4 is 10.2 Å². The molecule has 0 aliphatic heterocycles. The normalized spacial score (nSPS) is 10.1. The van der Waals surface area contributed by atoms with Crippen molar-refractivity contribution in [2.24, 2.45) is 0 Å². The summed E-state index contributed by atoms with van der Waals surface area (Å²) in [6, 6.07) is 16.9. The van der Waals surface area contributed by atoms with E-state index in [4.69, 9.17) is 0 Å².